The van der Waals surface area contributed by atoms with Gasteiger partial charge in [-0.3, -0.25) is 10.1 Å². The second-order valence-corrected chi connectivity index (χ2v) is 10.3. The Balaban J connectivity index is 2.17. The minimum Gasteiger partial charge on any atom is -0.296 e. The maximum atomic E-state index is 12.3. The molecule has 0 aliphatic rings. The first-order chi connectivity index (χ1) is 11.2. The van der Waals surface area contributed by atoms with Crippen molar-refractivity contribution in [2.45, 2.75) is 28.3 Å². The Labute approximate surface area is 149 Å². The number of sulfonamides is 1. The summed E-state index contributed by atoms with van der Waals surface area (Å²) in [5.41, 5.74) is 0.242. The summed E-state index contributed by atoms with van der Waals surface area (Å²) in [5, 5.41) is 11.3. The number of nitrogens with one attached hydrogen (secondary N) is 1. The molecule has 24 heavy (non-hydrogen) atoms. The number of hydrogen-bond donors (Lipinski definition) is 1. The monoisotopic (exact) mass is 386 g/mol. The van der Waals surface area contributed by atoms with Crippen molar-refractivity contribution in [3.8, 4) is 0 Å². The minimum atomic E-state index is -3.59. The molecule has 0 aliphatic carbocycles. The van der Waals surface area contributed by atoms with Crippen molar-refractivity contribution in [3.05, 3.63) is 29.8 Å². The van der Waals surface area contributed by atoms with E-state index in [1.165, 1.54) is 43.6 Å². The minimum absolute atomic E-state index is 0.0634. The summed E-state index contributed by atoms with van der Waals surface area (Å²) >= 11 is 2.84. The van der Waals surface area contributed by atoms with Crippen molar-refractivity contribution in [2.24, 2.45) is 0 Å². The molecule has 1 heterocycles. The van der Waals surface area contributed by atoms with Crippen molar-refractivity contribution >= 4 is 44.2 Å². The van der Waals surface area contributed by atoms with Crippen molar-refractivity contribution in [2.75, 3.05) is 19.4 Å². The molecular weight excluding hydrogens is 368 g/mol. The molecule has 0 fully saturated rings. The third-order valence-corrected chi connectivity index (χ3v) is 6.58. The highest BCUT2D eigenvalue weighted by molar-refractivity contribution is 8.01. The van der Waals surface area contributed by atoms with Crippen LogP contribution in [-0.4, -0.2) is 48.2 Å². The van der Waals surface area contributed by atoms with Crippen LogP contribution in [0, 0.1) is 0 Å². The summed E-state index contributed by atoms with van der Waals surface area (Å²) < 4.78 is 26.2. The highest BCUT2D eigenvalue weighted by Gasteiger charge is 2.19. The Morgan fingerprint density at radius 3 is 2.62 bits per heavy atom. The molecule has 2 rings (SSSR count). The number of amides is 1. The first-order valence-corrected chi connectivity index (χ1v) is 10.2. The van der Waals surface area contributed by atoms with Gasteiger partial charge in [0.1, 0.15) is 0 Å². The highest BCUT2D eigenvalue weighted by atomic mass is 32.2. The van der Waals surface area contributed by atoms with Gasteiger partial charge in [-0.1, -0.05) is 43.0 Å². The molecule has 0 aliphatic heterocycles. The maximum Gasteiger partial charge on any atom is 0.257 e. The Morgan fingerprint density at radius 1 is 1.29 bits per heavy atom. The molecule has 0 saturated carbocycles. The summed E-state index contributed by atoms with van der Waals surface area (Å²) in [5.74, 6) is -0.428. The molecule has 130 valence electrons. The third-order valence-electron chi connectivity index (χ3n) is 2.84. The number of thioether (sulfide) groups is 1. The number of rotatable bonds is 6. The summed E-state index contributed by atoms with van der Waals surface area (Å²) in [6.45, 7) is 4.09. The van der Waals surface area contributed by atoms with Crippen LogP contribution in [0.4, 0.5) is 5.13 Å². The molecule has 0 unspecified atom stereocenters. The van der Waals surface area contributed by atoms with Gasteiger partial charge in [-0.15, -0.1) is 10.2 Å². The highest BCUT2D eigenvalue weighted by Crippen LogP contribution is 2.28. The van der Waals surface area contributed by atoms with Gasteiger partial charge in [-0.05, 0) is 18.2 Å². The van der Waals surface area contributed by atoms with Gasteiger partial charge in [0.25, 0.3) is 5.91 Å². The Hall–Kier alpha value is -1.49. The fourth-order valence-electron chi connectivity index (χ4n) is 1.69. The van der Waals surface area contributed by atoms with Crippen molar-refractivity contribution < 1.29 is 13.2 Å². The van der Waals surface area contributed by atoms with E-state index in [9.17, 15) is 13.2 Å². The molecular formula is C14H18N4O3S3. The van der Waals surface area contributed by atoms with Crippen LogP contribution in [0.5, 0.6) is 0 Å². The Kier molecular flexibility index (Phi) is 5.97. The molecule has 1 N–H and O–H groups in total. The molecule has 10 heteroatoms. The largest absolute Gasteiger partial charge is 0.296 e. The van der Waals surface area contributed by atoms with Crippen LogP contribution in [-0.2, 0) is 10.0 Å². The zero-order valence-electron chi connectivity index (χ0n) is 13.7. The second kappa shape index (κ2) is 7.60. The Morgan fingerprint density at radius 2 is 2.00 bits per heavy atom. The number of aromatic nitrogens is 2. The van der Waals surface area contributed by atoms with Gasteiger partial charge in [0.15, 0.2) is 4.34 Å². The third kappa shape index (κ3) is 4.53. The predicted octanol–water partition coefficient (Wildman–Crippen LogP) is 2.54. The van der Waals surface area contributed by atoms with E-state index in [0.717, 1.165) is 8.64 Å². The lowest BCUT2D eigenvalue weighted by molar-refractivity contribution is 0.102. The van der Waals surface area contributed by atoms with Crippen LogP contribution >= 0.6 is 23.1 Å². The van der Waals surface area contributed by atoms with Crippen LogP contribution in [0.15, 0.2) is 33.5 Å². The lowest BCUT2D eigenvalue weighted by Gasteiger charge is -2.12. The van der Waals surface area contributed by atoms with E-state index in [0.29, 0.717) is 10.4 Å². The topological polar surface area (TPSA) is 92.3 Å². The van der Waals surface area contributed by atoms with Gasteiger partial charge >= 0.3 is 0 Å². The van der Waals surface area contributed by atoms with Gasteiger partial charge in [-0.2, -0.15) is 0 Å². The van der Waals surface area contributed by atoms with Crippen LogP contribution in [0.25, 0.3) is 0 Å². The Bertz CT molecular complexity index is 831. The second-order valence-electron chi connectivity index (χ2n) is 5.31. The fourth-order valence-corrected chi connectivity index (χ4v) is 4.61. The van der Waals surface area contributed by atoms with Gasteiger partial charge in [0.05, 0.1) is 4.90 Å². The molecule has 0 bridgehead atoms. The molecule has 2 aromatic rings. The summed E-state index contributed by atoms with van der Waals surface area (Å²) in [4.78, 5) is 12.4. The number of hydrogen-bond acceptors (Lipinski definition) is 7. The van der Waals surface area contributed by atoms with Gasteiger partial charge < -0.3 is 0 Å². The average Bonchev–Trinajstić information content (AvgIpc) is 2.93. The first-order valence-electron chi connectivity index (χ1n) is 7.04. The molecule has 7 nitrogen and oxygen atoms in total. The van der Waals surface area contributed by atoms with Gasteiger partial charge in [0.2, 0.25) is 15.2 Å². The van der Waals surface area contributed by atoms with E-state index in [-0.39, 0.29) is 10.5 Å². The molecule has 1 aromatic heterocycles. The van der Waals surface area contributed by atoms with Crippen LogP contribution in [0.3, 0.4) is 0 Å². The molecule has 0 spiro atoms. The van der Waals surface area contributed by atoms with E-state index in [4.69, 9.17) is 0 Å². The molecule has 0 radical (unpaired) electrons. The van der Waals surface area contributed by atoms with Crippen molar-refractivity contribution in [1.29, 1.82) is 0 Å². The number of benzene rings is 1. The van der Waals surface area contributed by atoms with Crippen LogP contribution in [0.1, 0.15) is 24.2 Å². The lowest BCUT2D eigenvalue weighted by Crippen LogP contribution is -2.22. The zero-order chi connectivity index (χ0) is 17.9. The quantitative estimate of drug-likeness (QED) is 0.606. The van der Waals surface area contributed by atoms with E-state index in [2.05, 4.69) is 15.5 Å². The van der Waals surface area contributed by atoms with E-state index >= 15 is 0 Å². The number of nitrogens with zero attached hydrogens (tertiary/aromatic N) is 3. The van der Waals surface area contributed by atoms with E-state index in [1.807, 2.05) is 13.8 Å². The summed E-state index contributed by atoms with van der Waals surface area (Å²) in [6, 6.07) is 5.88. The average molecular weight is 387 g/mol. The predicted molar refractivity (Wildman–Crippen MR) is 96.2 cm³/mol. The molecule has 1 aromatic carbocycles. The number of anilines is 1. The van der Waals surface area contributed by atoms with Crippen molar-refractivity contribution in [3.63, 3.8) is 0 Å². The standard InChI is InChI=1S/C14H18N4O3S3/c1-9(2)22-14-17-16-13(23-14)15-12(19)10-6-5-7-11(8-10)24(20,21)18(3)4/h5-9H,1-4H3,(H,15,16,19). The van der Waals surface area contributed by atoms with Gasteiger partial charge in [0, 0.05) is 24.9 Å². The number of carbonyl (C=O) groups excluding carboxylic acids is 1. The maximum absolute atomic E-state index is 12.3. The smallest absolute Gasteiger partial charge is 0.257 e. The van der Waals surface area contributed by atoms with E-state index < -0.39 is 15.9 Å². The first kappa shape index (κ1) is 18.8. The number of carbonyl (C=O) groups is 1. The lowest BCUT2D eigenvalue weighted by atomic mass is 10.2. The molecule has 0 saturated heterocycles. The molecule has 0 atom stereocenters. The van der Waals surface area contributed by atoms with Crippen LogP contribution < -0.4 is 5.32 Å². The summed E-state index contributed by atoms with van der Waals surface area (Å²) in [7, 11) is -0.707. The normalized spacial score (nSPS) is 11.9. The zero-order valence-corrected chi connectivity index (χ0v) is 16.1. The van der Waals surface area contributed by atoms with E-state index in [1.54, 1.807) is 17.8 Å². The summed E-state index contributed by atoms with van der Waals surface area (Å²) in [6.07, 6.45) is 0. The van der Waals surface area contributed by atoms with Gasteiger partial charge in [-0.25, -0.2) is 12.7 Å². The molecule has 1 amide bonds. The van der Waals surface area contributed by atoms with Crippen molar-refractivity contribution in [1.82, 2.24) is 14.5 Å². The SMILES string of the molecule is CC(C)Sc1nnc(NC(=O)c2cccc(S(=O)(=O)N(C)C)c2)s1. The fraction of sp³-hybridized carbons (Fsp3) is 0.357. The van der Waals surface area contributed by atoms with Crippen LogP contribution in [0.2, 0.25) is 0 Å².